The molecule has 0 spiro atoms. The molecule has 3 heterocycles. The van der Waals surface area contributed by atoms with Crippen LogP contribution in [0.15, 0.2) is 35.3 Å². The molecule has 31 heavy (non-hydrogen) atoms. The fourth-order valence-corrected chi connectivity index (χ4v) is 4.13. The zero-order chi connectivity index (χ0) is 22.2. The lowest BCUT2D eigenvalue weighted by atomic mass is 9.74. The number of aromatic nitrogens is 4. The number of likely N-dealkylation sites (tertiary alicyclic amines) is 1. The molecule has 10 heteroatoms. The minimum atomic E-state index is -0.740. The molecule has 1 fully saturated rings. The summed E-state index contributed by atoms with van der Waals surface area (Å²) in [6.45, 7) is 4.36. The number of aromatic amines is 2. The number of allylic oxidation sites excluding steroid dienone is 1. The number of amides is 1. The summed E-state index contributed by atoms with van der Waals surface area (Å²) < 4.78 is 13.9. The van der Waals surface area contributed by atoms with Crippen LogP contribution in [-0.2, 0) is 6.54 Å². The second-order valence-corrected chi connectivity index (χ2v) is 8.13. The van der Waals surface area contributed by atoms with E-state index >= 15 is 0 Å². The molecule has 6 N–H and O–H groups in total. The molecule has 4 rings (SSSR count). The lowest BCUT2D eigenvalue weighted by molar-refractivity contribution is 0.100. The summed E-state index contributed by atoms with van der Waals surface area (Å²) in [6.07, 6.45) is 3.15. The maximum Gasteiger partial charge on any atom is 0.264 e. The van der Waals surface area contributed by atoms with Crippen LogP contribution in [-0.4, -0.2) is 44.1 Å². The van der Waals surface area contributed by atoms with Gasteiger partial charge >= 0.3 is 0 Å². The SMILES string of the molecule is CC1(C(=CN)c2nc3c(C(N)=O)cc(F)cc3[nH]2)CCN(Cc2ccc(=O)[nH]n2)CC1. The predicted molar refractivity (Wildman–Crippen MR) is 114 cm³/mol. The summed E-state index contributed by atoms with van der Waals surface area (Å²) in [6, 6.07) is 5.57. The fraction of sp³-hybridized carbons (Fsp3) is 0.333. The number of rotatable bonds is 5. The number of fused-ring (bicyclic) bond motifs is 1. The summed E-state index contributed by atoms with van der Waals surface area (Å²) in [5, 5.41) is 6.52. The Labute approximate surface area is 177 Å². The Hall–Kier alpha value is -3.53. The number of primary amides is 1. The van der Waals surface area contributed by atoms with Crippen LogP contribution in [0.1, 0.15) is 41.6 Å². The molecule has 0 unspecified atom stereocenters. The second-order valence-electron chi connectivity index (χ2n) is 8.13. The number of carbonyl (C=O) groups is 1. The standard InChI is InChI=1S/C21H24FN7O2/c1-21(4-6-29(7-5-21)11-13-2-3-17(30)28-27-13)15(10-23)20-25-16-9-12(22)8-14(19(24)31)18(16)26-20/h2-3,8-10H,4-7,11,23H2,1H3,(H2,24,31)(H,25,26)(H,28,30). The zero-order valence-corrected chi connectivity index (χ0v) is 17.1. The van der Waals surface area contributed by atoms with E-state index in [2.05, 4.69) is 32.0 Å². The van der Waals surface area contributed by atoms with Crippen molar-refractivity contribution < 1.29 is 9.18 Å². The molecular formula is C21H24FN7O2. The van der Waals surface area contributed by atoms with Gasteiger partial charge in [-0.2, -0.15) is 5.10 Å². The lowest BCUT2D eigenvalue weighted by Crippen LogP contribution is -2.39. The monoisotopic (exact) mass is 425 g/mol. The van der Waals surface area contributed by atoms with Crippen molar-refractivity contribution in [3.8, 4) is 0 Å². The Kier molecular flexibility index (Phi) is 5.32. The number of piperidine rings is 1. The number of hydrogen-bond donors (Lipinski definition) is 4. The molecule has 0 bridgehead atoms. The van der Waals surface area contributed by atoms with Crippen molar-refractivity contribution in [1.29, 1.82) is 0 Å². The Bertz CT molecular complexity index is 1200. The molecule has 0 aliphatic carbocycles. The number of hydrogen-bond acceptors (Lipinski definition) is 6. The molecule has 2 aromatic heterocycles. The summed E-state index contributed by atoms with van der Waals surface area (Å²) in [4.78, 5) is 32.8. The van der Waals surface area contributed by atoms with Crippen LogP contribution in [0.5, 0.6) is 0 Å². The van der Waals surface area contributed by atoms with Gasteiger partial charge in [-0.05, 0) is 49.5 Å². The number of benzene rings is 1. The quantitative estimate of drug-likeness (QED) is 0.487. The first kappa shape index (κ1) is 20.7. The average Bonchev–Trinajstić information content (AvgIpc) is 3.14. The summed E-state index contributed by atoms with van der Waals surface area (Å²) in [5.74, 6) is -0.801. The third-order valence-electron chi connectivity index (χ3n) is 5.97. The van der Waals surface area contributed by atoms with Crippen molar-refractivity contribution in [2.24, 2.45) is 16.9 Å². The molecule has 9 nitrogen and oxygen atoms in total. The van der Waals surface area contributed by atoms with Crippen molar-refractivity contribution in [2.45, 2.75) is 26.3 Å². The van der Waals surface area contributed by atoms with Crippen LogP contribution in [0.25, 0.3) is 16.6 Å². The van der Waals surface area contributed by atoms with Crippen LogP contribution >= 0.6 is 0 Å². The molecule has 1 amide bonds. The predicted octanol–water partition coefficient (Wildman–Crippen LogP) is 1.49. The first-order valence-corrected chi connectivity index (χ1v) is 9.98. The van der Waals surface area contributed by atoms with Crippen LogP contribution in [0.4, 0.5) is 4.39 Å². The van der Waals surface area contributed by atoms with E-state index in [0.717, 1.165) is 43.3 Å². The highest BCUT2D eigenvalue weighted by Gasteiger charge is 2.36. The topological polar surface area (TPSA) is 147 Å². The summed E-state index contributed by atoms with van der Waals surface area (Å²) >= 11 is 0. The molecule has 1 aliphatic rings. The Balaban J connectivity index is 1.55. The fourth-order valence-electron chi connectivity index (χ4n) is 4.13. The van der Waals surface area contributed by atoms with E-state index in [-0.39, 0.29) is 16.5 Å². The first-order valence-electron chi connectivity index (χ1n) is 9.98. The maximum atomic E-state index is 13.9. The van der Waals surface area contributed by atoms with Crippen LogP contribution < -0.4 is 17.0 Å². The van der Waals surface area contributed by atoms with Gasteiger partial charge in [0.2, 0.25) is 0 Å². The molecule has 1 aromatic carbocycles. The highest BCUT2D eigenvalue weighted by molar-refractivity contribution is 6.04. The van der Waals surface area contributed by atoms with Gasteiger partial charge in [-0.25, -0.2) is 14.5 Å². The maximum absolute atomic E-state index is 13.9. The largest absolute Gasteiger partial charge is 0.404 e. The molecule has 3 aromatic rings. The highest BCUT2D eigenvalue weighted by Crippen LogP contribution is 2.43. The molecule has 1 saturated heterocycles. The minimum Gasteiger partial charge on any atom is -0.404 e. The third-order valence-corrected chi connectivity index (χ3v) is 5.97. The van der Waals surface area contributed by atoms with Crippen LogP contribution in [0.3, 0.4) is 0 Å². The molecule has 0 saturated carbocycles. The van der Waals surface area contributed by atoms with E-state index in [1.807, 2.05) is 0 Å². The molecule has 162 valence electrons. The number of nitrogens with zero attached hydrogens (tertiary/aromatic N) is 3. The number of H-pyrrole nitrogens is 2. The van der Waals surface area contributed by atoms with Gasteiger partial charge in [0.1, 0.15) is 17.2 Å². The summed E-state index contributed by atoms with van der Waals surface area (Å²) in [7, 11) is 0. The number of carbonyl (C=O) groups excluding carboxylic acids is 1. The van der Waals surface area contributed by atoms with Gasteiger partial charge < -0.3 is 16.5 Å². The third kappa shape index (κ3) is 4.06. The number of nitrogens with two attached hydrogens (primary N) is 2. The van der Waals surface area contributed by atoms with E-state index in [9.17, 15) is 14.0 Å². The highest BCUT2D eigenvalue weighted by atomic mass is 19.1. The Morgan fingerprint density at radius 3 is 2.68 bits per heavy atom. The van der Waals surface area contributed by atoms with E-state index in [1.165, 1.54) is 18.3 Å². The lowest BCUT2D eigenvalue weighted by Gasteiger charge is -2.40. The number of halogens is 1. The van der Waals surface area contributed by atoms with Crippen molar-refractivity contribution in [1.82, 2.24) is 25.1 Å². The van der Waals surface area contributed by atoms with Crippen molar-refractivity contribution in [2.75, 3.05) is 13.1 Å². The van der Waals surface area contributed by atoms with Gasteiger partial charge in [0, 0.05) is 24.4 Å². The van der Waals surface area contributed by atoms with Gasteiger partial charge in [0.15, 0.2) is 0 Å². The molecule has 0 radical (unpaired) electrons. The van der Waals surface area contributed by atoms with Gasteiger partial charge in [-0.1, -0.05) is 6.92 Å². The zero-order valence-electron chi connectivity index (χ0n) is 17.1. The van der Waals surface area contributed by atoms with E-state index in [4.69, 9.17) is 11.5 Å². The van der Waals surface area contributed by atoms with E-state index in [0.29, 0.717) is 23.4 Å². The van der Waals surface area contributed by atoms with Crippen LogP contribution in [0.2, 0.25) is 0 Å². The smallest absolute Gasteiger partial charge is 0.264 e. The normalized spacial score (nSPS) is 17.2. The first-order chi connectivity index (χ1) is 14.8. The molecule has 1 aliphatic heterocycles. The van der Waals surface area contributed by atoms with Gasteiger partial charge in [-0.3, -0.25) is 14.5 Å². The van der Waals surface area contributed by atoms with E-state index < -0.39 is 11.7 Å². The van der Waals surface area contributed by atoms with Crippen LogP contribution in [0, 0.1) is 11.2 Å². The van der Waals surface area contributed by atoms with Gasteiger partial charge in [-0.15, -0.1) is 0 Å². The average molecular weight is 425 g/mol. The molecule has 0 atom stereocenters. The van der Waals surface area contributed by atoms with Gasteiger partial charge in [0.05, 0.1) is 16.8 Å². The van der Waals surface area contributed by atoms with Crippen molar-refractivity contribution in [3.05, 3.63) is 63.7 Å². The second kappa shape index (κ2) is 7.95. The van der Waals surface area contributed by atoms with Crippen molar-refractivity contribution in [3.63, 3.8) is 0 Å². The Morgan fingerprint density at radius 1 is 1.32 bits per heavy atom. The minimum absolute atomic E-state index is 0.0299. The number of nitrogens with one attached hydrogen (secondary N) is 2. The molecular weight excluding hydrogens is 401 g/mol. The van der Waals surface area contributed by atoms with Crippen molar-refractivity contribution >= 4 is 22.5 Å². The summed E-state index contributed by atoms with van der Waals surface area (Å²) in [5.41, 5.74) is 13.3. The number of imidazole rings is 1. The van der Waals surface area contributed by atoms with Gasteiger partial charge in [0.25, 0.3) is 11.5 Å². The van der Waals surface area contributed by atoms with E-state index in [1.54, 1.807) is 6.07 Å². The Morgan fingerprint density at radius 2 is 2.06 bits per heavy atom.